The molecule has 1 aliphatic rings. The molecule has 26 heavy (non-hydrogen) atoms. The molecule has 0 spiro atoms. The molecule has 2 aromatic rings. The molecule has 138 valence electrons. The molecule has 0 unspecified atom stereocenters. The molecule has 0 aliphatic carbocycles. The Bertz CT molecular complexity index is 730. The maximum atomic E-state index is 12.8. The Balaban J connectivity index is 1.69. The van der Waals surface area contributed by atoms with E-state index in [4.69, 9.17) is 4.74 Å². The van der Waals surface area contributed by atoms with Crippen molar-refractivity contribution in [3.63, 3.8) is 0 Å². The number of carbonyl (C=O) groups is 1. The van der Waals surface area contributed by atoms with E-state index in [1.807, 2.05) is 50.1 Å². The Labute approximate surface area is 155 Å². The van der Waals surface area contributed by atoms with E-state index in [1.54, 1.807) is 12.4 Å². The number of pyridine rings is 1. The highest BCUT2D eigenvalue weighted by Gasteiger charge is 2.23. The van der Waals surface area contributed by atoms with E-state index in [-0.39, 0.29) is 5.91 Å². The largest absolute Gasteiger partial charge is 0.488 e. The van der Waals surface area contributed by atoms with Crippen molar-refractivity contribution < 1.29 is 9.53 Å². The average Bonchev–Trinajstić information content (AvgIpc) is 2.67. The number of benzene rings is 1. The molecule has 0 radical (unpaired) electrons. The number of nitrogens with one attached hydrogen (secondary N) is 1. The summed E-state index contributed by atoms with van der Waals surface area (Å²) in [6.07, 6.45) is 5.57. The maximum Gasteiger partial charge on any atom is 0.253 e. The summed E-state index contributed by atoms with van der Waals surface area (Å²) in [5.41, 5.74) is 3.75. The molecular weight excluding hydrogens is 326 g/mol. The number of piperidine rings is 1. The Hall–Kier alpha value is -2.40. The topological polar surface area (TPSA) is 54.5 Å². The molecule has 1 saturated heterocycles. The third-order valence-electron chi connectivity index (χ3n) is 5.00. The fourth-order valence-corrected chi connectivity index (χ4v) is 3.49. The number of hydrogen-bond donors (Lipinski definition) is 1. The Morgan fingerprint density at radius 2 is 1.96 bits per heavy atom. The molecule has 0 saturated carbocycles. The standard InChI is InChI=1S/C21H27N3O2/c1-15-11-18(21(25)24-9-6-19(22-3)7-10-24)12-16(2)20(15)26-14-17-5-4-8-23-13-17/h4-5,8,11-13,19,22H,6-7,9-10,14H2,1-3H3. The van der Waals surface area contributed by atoms with Gasteiger partial charge in [0.05, 0.1) is 0 Å². The van der Waals surface area contributed by atoms with Gasteiger partial charge in [-0.2, -0.15) is 0 Å². The third-order valence-corrected chi connectivity index (χ3v) is 5.00. The van der Waals surface area contributed by atoms with Gasteiger partial charge in [-0.15, -0.1) is 0 Å². The first-order valence-electron chi connectivity index (χ1n) is 9.18. The maximum absolute atomic E-state index is 12.8. The minimum Gasteiger partial charge on any atom is -0.488 e. The summed E-state index contributed by atoms with van der Waals surface area (Å²) in [6.45, 7) is 6.08. The van der Waals surface area contributed by atoms with Crippen molar-refractivity contribution in [1.29, 1.82) is 0 Å². The van der Waals surface area contributed by atoms with Crippen molar-refractivity contribution in [2.75, 3.05) is 20.1 Å². The van der Waals surface area contributed by atoms with Crippen molar-refractivity contribution in [3.8, 4) is 5.75 Å². The predicted molar refractivity (Wildman–Crippen MR) is 102 cm³/mol. The summed E-state index contributed by atoms with van der Waals surface area (Å²) in [5.74, 6) is 0.962. The number of likely N-dealkylation sites (tertiary alicyclic amines) is 1. The van der Waals surface area contributed by atoms with Crippen LogP contribution in [0.1, 0.15) is 39.9 Å². The van der Waals surface area contributed by atoms with Gasteiger partial charge in [-0.1, -0.05) is 6.07 Å². The van der Waals surface area contributed by atoms with Crippen LogP contribution in [0, 0.1) is 13.8 Å². The van der Waals surface area contributed by atoms with Crippen molar-refractivity contribution in [3.05, 3.63) is 58.9 Å². The molecule has 1 aromatic heterocycles. The molecule has 1 N–H and O–H groups in total. The number of carbonyl (C=O) groups excluding carboxylic acids is 1. The molecule has 0 atom stereocenters. The van der Waals surface area contributed by atoms with Crippen LogP contribution in [0.5, 0.6) is 5.75 Å². The average molecular weight is 353 g/mol. The van der Waals surface area contributed by atoms with Gasteiger partial charge < -0.3 is 15.0 Å². The predicted octanol–water partition coefficient (Wildman–Crippen LogP) is 3.10. The van der Waals surface area contributed by atoms with Crippen LogP contribution in [0.25, 0.3) is 0 Å². The van der Waals surface area contributed by atoms with Crippen LogP contribution >= 0.6 is 0 Å². The van der Waals surface area contributed by atoms with Gasteiger partial charge in [0, 0.05) is 42.7 Å². The highest BCUT2D eigenvalue weighted by Crippen LogP contribution is 2.27. The van der Waals surface area contributed by atoms with Gasteiger partial charge in [-0.3, -0.25) is 9.78 Å². The van der Waals surface area contributed by atoms with Crippen molar-refractivity contribution in [2.24, 2.45) is 0 Å². The van der Waals surface area contributed by atoms with Crippen LogP contribution in [-0.2, 0) is 6.61 Å². The van der Waals surface area contributed by atoms with Gasteiger partial charge in [0.2, 0.25) is 0 Å². The normalized spacial score (nSPS) is 15.1. The molecule has 0 bridgehead atoms. The molecule has 1 fully saturated rings. The Morgan fingerprint density at radius 1 is 1.27 bits per heavy atom. The van der Waals surface area contributed by atoms with Crippen molar-refractivity contribution in [1.82, 2.24) is 15.2 Å². The zero-order valence-electron chi connectivity index (χ0n) is 15.8. The first-order chi connectivity index (χ1) is 12.6. The molecule has 5 nitrogen and oxygen atoms in total. The number of rotatable bonds is 5. The van der Waals surface area contributed by atoms with E-state index in [0.29, 0.717) is 12.6 Å². The zero-order valence-corrected chi connectivity index (χ0v) is 15.8. The highest BCUT2D eigenvalue weighted by molar-refractivity contribution is 5.95. The summed E-state index contributed by atoms with van der Waals surface area (Å²) in [6, 6.07) is 8.29. The van der Waals surface area contributed by atoms with Crippen LogP contribution in [-0.4, -0.2) is 42.0 Å². The van der Waals surface area contributed by atoms with Crippen LogP contribution in [0.4, 0.5) is 0 Å². The van der Waals surface area contributed by atoms with Gasteiger partial charge in [0.15, 0.2) is 0 Å². The van der Waals surface area contributed by atoms with Gasteiger partial charge >= 0.3 is 0 Å². The SMILES string of the molecule is CNC1CCN(C(=O)c2cc(C)c(OCc3cccnc3)c(C)c2)CC1. The molecule has 1 amide bonds. The number of hydrogen-bond acceptors (Lipinski definition) is 4. The highest BCUT2D eigenvalue weighted by atomic mass is 16.5. The van der Waals surface area contributed by atoms with E-state index in [1.165, 1.54) is 0 Å². The first kappa shape index (κ1) is 18.4. The third kappa shape index (κ3) is 4.22. The van der Waals surface area contributed by atoms with Gasteiger partial charge in [-0.25, -0.2) is 0 Å². The minimum atomic E-state index is 0.115. The summed E-state index contributed by atoms with van der Waals surface area (Å²) in [7, 11) is 1.99. The van der Waals surface area contributed by atoms with Crippen LogP contribution in [0.15, 0.2) is 36.7 Å². The van der Waals surface area contributed by atoms with E-state index in [2.05, 4.69) is 10.3 Å². The molecule has 3 rings (SSSR count). The lowest BCUT2D eigenvalue weighted by molar-refractivity contribution is 0.0707. The molecule has 5 heteroatoms. The van der Waals surface area contributed by atoms with Gasteiger partial charge in [0.25, 0.3) is 5.91 Å². The number of aromatic nitrogens is 1. The lowest BCUT2D eigenvalue weighted by Crippen LogP contribution is -2.44. The monoisotopic (exact) mass is 353 g/mol. The first-order valence-corrected chi connectivity index (χ1v) is 9.18. The van der Waals surface area contributed by atoms with Crippen molar-refractivity contribution in [2.45, 2.75) is 39.3 Å². The van der Waals surface area contributed by atoms with Crippen LogP contribution in [0.3, 0.4) is 0 Å². The van der Waals surface area contributed by atoms with Crippen molar-refractivity contribution >= 4 is 5.91 Å². The molecular formula is C21H27N3O2. The van der Waals surface area contributed by atoms with Crippen LogP contribution in [0.2, 0.25) is 0 Å². The lowest BCUT2D eigenvalue weighted by Gasteiger charge is -2.32. The summed E-state index contributed by atoms with van der Waals surface area (Å²) < 4.78 is 5.99. The fraction of sp³-hybridized carbons (Fsp3) is 0.429. The second kappa shape index (κ2) is 8.32. The minimum absolute atomic E-state index is 0.115. The molecule has 1 aliphatic heterocycles. The smallest absolute Gasteiger partial charge is 0.253 e. The van der Waals surface area contributed by atoms with E-state index < -0.39 is 0 Å². The Morgan fingerprint density at radius 3 is 2.54 bits per heavy atom. The van der Waals surface area contributed by atoms with E-state index >= 15 is 0 Å². The number of ether oxygens (including phenoxy) is 1. The van der Waals surface area contributed by atoms with Gasteiger partial charge in [-0.05, 0) is 63.1 Å². The summed E-state index contributed by atoms with van der Waals surface area (Å²) in [5, 5.41) is 3.30. The molecule has 2 heterocycles. The second-order valence-electron chi connectivity index (χ2n) is 6.94. The quantitative estimate of drug-likeness (QED) is 0.897. The van der Waals surface area contributed by atoms with Crippen LogP contribution < -0.4 is 10.1 Å². The van der Waals surface area contributed by atoms with E-state index in [9.17, 15) is 4.79 Å². The Kier molecular flexibility index (Phi) is 5.89. The van der Waals surface area contributed by atoms with E-state index in [0.717, 1.165) is 53.9 Å². The summed E-state index contributed by atoms with van der Waals surface area (Å²) in [4.78, 5) is 18.9. The number of nitrogens with zero attached hydrogens (tertiary/aromatic N) is 2. The summed E-state index contributed by atoms with van der Waals surface area (Å²) >= 11 is 0. The second-order valence-corrected chi connectivity index (χ2v) is 6.94. The lowest BCUT2D eigenvalue weighted by atomic mass is 10.0. The van der Waals surface area contributed by atoms with Gasteiger partial charge in [0.1, 0.15) is 12.4 Å². The molecule has 1 aromatic carbocycles. The number of aryl methyl sites for hydroxylation is 2. The fourth-order valence-electron chi connectivity index (χ4n) is 3.49. The zero-order chi connectivity index (χ0) is 18.5. The number of amides is 1.